The summed E-state index contributed by atoms with van der Waals surface area (Å²) in [5.74, 6) is 1.89. The van der Waals surface area contributed by atoms with Crippen LogP contribution in [0.3, 0.4) is 0 Å². The molecule has 0 saturated heterocycles. The molecule has 0 heterocycles. The Morgan fingerprint density at radius 2 is 1.94 bits per heavy atom. The molecule has 1 nitrogen and oxygen atoms in total. The molecule has 0 aliphatic carbocycles. The van der Waals surface area contributed by atoms with Crippen molar-refractivity contribution in [3.8, 4) is 16.9 Å². The summed E-state index contributed by atoms with van der Waals surface area (Å²) in [6, 6.07) is 14.1. The van der Waals surface area contributed by atoms with Crippen LogP contribution in [0.4, 0.5) is 0 Å². The maximum Gasteiger partial charge on any atom is 0.126 e. The summed E-state index contributed by atoms with van der Waals surface area (Å²) in [6.07, 6.45) is 0. The fourth-order valence-corrected chi connectivity index (χ4v) is 2.84. The molecule has 0 saturated carbocycles. The maximum atomic E-state index is 6.29. The Balaban J connectivity index is 2.42. The Morgan fingerprint density at radius 3 is 2.61 bits per heavy atom. The number of para-hydroxylation sites is 1. The van der Waals surface area contributed by atoms with Crippen molar-refractivity contribution in [2.24, 2.45) is 0 Å². The van der Waals surface area contributed by atoms with E-state index >= 15 is 0 Å². The van der Waals surface area contributed by atoms with Crippen LogP contribution < -0.4 is 4.74 Å². The number of hydrogen-bond donors (Lipinski definition) is 0. The first kappa shape index (κ1) is 13.3. The second kappa shape index (κ2) is 6.17. The average Bonchev–Trinajstić information content (AvgIpc) is 2.41. The van der Waals surface area contributed by atoms with Gasteiger partial charge < -0.3 is 4.74 Å². The summed E-state index contributed by atoms with van der Waals surface area (Å²) >= 11 is 8.04. The molecule has 0 bridgehead atoms. The van der Waals surface area contributed by atoms with Gasteiger partial charge in [0.05, 0.1) is 12.1 Å². The summed E-state index contributed by atoms with van der Waals surface area (Å²) < 4.78 is 5.37. The molecule has 2 aromatic rings. The van der Waals surface area contributed by atoms with Gasteiger partial charge in [-0.15, -0.1) is 11.8 Å². The fourth-order valence-electron chi connectivity index (χ4n) is 1.82. The summed E-state index contributed by atoms with van der Waals surface area (Å²) in [4.78, 5) is 1.12. The molecule has 0 N–H and O–H groups in total. The van der Waals surface area contributed by atoms with Gasteiger partial charge in [-0.1, -0.05) is 42.8 Å². The molecule has 94 valence electrons. The van der Waals surface area contributed by atoms with Crippen molar-refractivity contribution < 1.29 is 4.74 Å². The zero-order chi connectivity index (χ0) is 13.0. The number of benzene rings is 2. The first-order valence-corrected chi connectivity index (χ1v) is 7.18. The van der Waals surface area contributed by atoms with E-state index in [-0.39, 0.29) is 0 Å². The highest BCUT2D eigenvalue weighted by Crippen LogP contribution is 2.35. The average molecular weight is 279 g/mol. The van der Waals surface area contributed by atoms with Crippen LogP contribution in [0, 0.1) is 0 Å². The Morgan fingerprint density at radius 1 is 1.17 bits per heavy atom. The topological polar surface area (TPSA) is 9.23 Å². The Labute approximate surface area is 117 Å². The second-order valence-corrected chi connectivity index (χ2v) is 5.49. The van der Waals surface area contributed by atoms with E-state index in [0.29, 0.717) is 0 Å². The number of hydrogen-bond acceptors (Lipinski definition) is 2. The van der Waals surface area contributed by atoms with E-state index in [1.165, 1.54) is 0 Å². The van der Waals surface area contributed by atoms with E-state index in [1.807, 2.05) is 30.3 Å². The summed E-state index contributed by atoms with van der Waals surface area (Å²) in [6.45, 7) is 2.12. The summed E-state index contributed by atoms with van der Waals surface area (Å²) in [7, 11) is 1.68. The molecule has 0 unspecified atom stereocenters. The number of methoxy groups -OCH3 is 1. The van der Waals surface area contributed by atoms with E-state index in [4.69, 9.17) is 16.3 Å². The third kappa shape index (κ3) is 2.82. The van der Waals surface area contributed by atoms with E-state index in [2.05, 4.69) is 19.1 Å². The predicted octanol–water partition coefficient (Wildman–Crippen LogP) is 5.13. The molecule has 2 rings (SSSR count). The Kier molecular flexibility index (Phi) is 4.56. The van der Waals surface area contributed by atoms with Crippen LogP contribution in [-0.4, -0.2) is 12.9 Å². The van der Waals surface area contributed by atoms with E-state index in [1.54, 1.807) is 18.9 Å². The lowest BCUT2D eigenvalue weighted by molar-refractivity contribution is 0.416. The standard InChI is InChI=1S/C15H15ClOS/c1-3-18-15-9-8-11(10-13(15)16)12-6-4-5-7-14(12)17-2/h4-10H,3H2,1-2H3. The minimum absolute atomic E-state index is 0.797. The molecular formula is C15H15ClOS. The summed E-state index contributed by atoms with van der Waals surface area (Å²) in [5, 5.41) is 0.797. The number of rotatable bonds is 4. The molecule has 0 spiro atoms. The van der Waals surface area contributed by atoms with Gasteiger partial charge in [-0.3, -0.25) is 0 Å². The third-order valence-electron chi connectivity index (χ3n) is 2.65. The van der Waals surface area contributed by atoms with Gasteiger partial charge in [0, 0.05) is 10.5 Å². The maximum absolute atomic E-state index is 6.29. The number of ether oxygens (including phenoxy) is 1. The van der Waals surface area contributed by atoms with Gasteiger partial charge in [-0.25, -0.2) is 0 Å². The Hall–Kier alpha value is -1.12. The van der Waals surface area contributed by atoms with Crippen molar-refractivity contribution >= 4 is 23.4 Å². The fraction of sp³-hybridized carbons (Fsp3) is 0.200. The van der Waals surface area contributed by atoms with Crippen molar-refractivity contribution in [2.45, 2.75) is 11.8 Å². The van der Waals surface area contributed by atoms with Crippen molar-refractivity contribution in [1.29, 1.82) is 0 Å². The Bertz CT molecular complexity index is 540. The molecular weight excluding hydrogens is 264 g/mol. The van der Waals surface area contributed by atoms with Gasteiger partial charge in [-0.05, 0) is 29.5 Å². The lowest BCUT2D eigenvalue weighted by Crippen LogP contribution is -1.87. The molecule has 0 amide bonds. The SMILES string of the molecule is CCSc1ccc(-c2ccccc2OC)cc1Cl. The highest BCUT2D eigenvalue weighted by Gasteiger charge is 2.07. The molecule has 2 aromatic carbocycles. The van der Waals surface area contributed by atoms with Crippen molar-refractivity contribution in [1.82, 2.24) is 0 Å². The van der Waals surface area contributed by atoms with Gasteiger partial charge in [-0.2, -0.15) is 0 Å². The van der Waals surface area contributed by atoms with Crippen LogP contribution in [0.15, 0.2) is 47.4 Å². The van der Waals surface area contributed by atoms with Crippen LogP contribution in [0.25, 0.3) is 11.1 Å². The minimum Gasteiger partial charge on any atom is -0.496 e. The zero-order valence-corrected chi connectivity index (χ0v) is 12.0. The number of halogens is 1. The highest BCUT2D eigenvalue weighted by atomic mass is 35.5. The van der Waals surface area contributed by atoms with Gasteiger partial charge >= 0.3 is 0 Å². The minimum atomic E-state index is 0.797. The predicted molar refractivity (Wildman–Crippen MR) is 79.8 cm³/mol. The molecule has 0 aromatic heterocycles. The van der Waals surface area contributed by atoms with Crippen LogP contribution >= 0.6 is 23.4 Å². The smallest absolute Gasteiger partial charge is 0.126 e. The quantitative estimate of drug-likeness (QED) is 0.717. The molecule has 0 aliphatic rings. The molecule has 0 aliphatic heterocycles. The molecule has 3 heteroatoms. The third-order valence-corrected chi connectivity index (χ3v) is 4.03. The van der Waals surface area contributed by atoms with Gasteiger partial charge in [0.25, 0.3) is 0 Å². The van der Waals surface area contributed by atoms with Crippen LogP contribution in [0.5, 0.6) is 5.75 Å². The van der Waals surface area contributed by atoms with Gasteiger partial charge in [0.2, 0.25) is 0 Å². The number of thioether (sulfide) groups is 1. The monoisotopic (exact) mass is 278 g/mol. The van der Waals surface area contributed by atoms with Crippen LogP contribution in [0.2, 0.25) is 5.02 Å². The molecule has 0 atom stereocenters. The zero-order valence-electron chi connectivity index (χ0n) is 10.4. The van der Waals surface area contributed by atoms with Crippen molar-refractivity contribution in [2.75, 3.05) is 12.9 Å². The lowest BCUT2D eigenvalue weighted by atomic mass is 10.0. The normalized spacial score (nSPS) is 10.4. The van der Waals surface area contributed by atoms with E-state index in [9.17, 15) is 0 Å². The van der Waals surface area contributed by atoms with E-state index in [0.717, 1.165) is 32.5 Å². The van der Waals surface area contributed by atoms with Gasteiger partial charge in [0.1, 0.15) is 5.75 Å². The first-order valence-electron chi connectivity index (χ1n) is 5.82. The second-order valence-electron chi connectivity index (χ2n) is 3.78. The lowest BCUT2D eigenvalue weighted by Gasteiger charge is -2.10. The molecule has 18 heavy (non-hydrogen) atoms. The molecule has 0 fully saturated rings. The highest BCUT2D eigenvalue weighted by molar-refractivity contribution is 7.99. The van der Waals surface area contributed by atoms with Crippen molar-refractivity contribution in [3.05, 3.63) is 47.5 Å². The summed E-state index contributed by atoms with van der Waals surface area (Å²) in [5.41, 5.74) is 2.15. The van der Waals surface area contributed by atoms with Crippen LogP contribution in [-0.2, 0) is 0 Å². The first-order chi connectivity index (χ1) is 8.76. The van der Waals surface area contributed by atoms with Crippen LogP contribution in [0.1, 0.15) is 6.92 Å². The molecule has 0 radical (unpaired) electrons. The van der Waals surface area contributed by atoms with E-state index < -0.39 is 0 Å². The van der Waals surface area contributed by atoms with Gasteiger partial charge in [0.15, 0.2) is 0 Å². The van der Waals surface area contributed by atoms with Crippen molar-refractivity contribution in [3.63, 3.8) is 0 Å². The largest absolute Gasteiger partial charge is 0.496 e.